The fourth-order valence-electron chi connectivity index (χ4n) is 3.40. The Kier molecular flexibility index (Phi) is 4.15. The van der Waals surface area contributed by atoms with Gasteiger partial charge in [0.15, 0.2) is 0 Å². The van der Waals surface area contributed by atoms with Crippen molar-refractivity contribution in [3.63, 3.8) is 0 Å². The van der Waals surface area contributed by atoms with Gasteiger partial charge in [0.25, 0.3) is 0 Å². The van der Waals surface area contributed by atoms with Crippen molar-refractivity contribution in [2.75, 3.05) is 7.05 Å². The van der Waals surface area contributed by atoms with Crippen LogP contribution < -0.4 is 20.7 Å². The van der Waals surface area contributed by atoms with E-state index in [4.69, 9.17) is 4.74 Å². The van der Waals surface area contributed by atoms with E-state index in [1.165, 1.54) is 11.9 Å². The molecular formula is C19H18N4O4. The predicted molar refractivity (Wildman–Crippen MR) is 95.9 cm³/mol. The predicted octanol–water partition coefficient (Wildman–Crippen LogP) is 1.96. The number of ether oxygens (including phenoxy) is 1. The molecule has 27 heavy (non-hydrogen) atoms. The fraction of sp³-hybridized carbons (Fsp3) is 0.211. The molecule has 0 bridgehead atoms. The molecule has 8 nitrogen and oxygen atoms in total. The van der Waals surface area contributed by atoms with Gasteiger partial charge in [0, 0.05) is 7.05 Å². The summed E-state index contributed by atoms with van der Waals surface area (Å²) in [5.41, 5.74) is 0.714. The number of hydrogen-bond acceptors (Lipinski definition) is 4. The van der Waals surface area contributed by atoms with Crippen molar-refractivity contribution in [3.05, 3.63) is 60.2 Å². The summed E-state index contributed by atoms with van der Waals surface area (Å²) < 4.78 is 5.84. The first-order valence-electron chi connectivity index (χ1n) is 8.50. The molecule has 2 aromatic rings. The van der Waals surface area contributed by atoms with Gasteiger partial charge >= 0.3 is 12.1 Å². The molecule has 0 aliphatic carbocycles. The quantitative estimate of drug-likeness (QED) is 0.773. The number of benzene rings is 2. The number of carbonyl (C=O) groups excluding carboxylic acids is 3. The van der Waals surface area contributed by atoms with E-state index in [0.717, 1.165) is 0 Å². The smallest absolute Gasteiger partial charge is 0.325 e. The average Bonchev–Trinajstić information content (AvgIpc) is 2.66. The Hall–Kier alpha value is -3.55. The van der Waals surface area contributed by atoms with Crippen molar-refractivity contribution >= 4 is 18.0 Å². The maximum Gasteiger partial charge on any atom is 0.325 e. The Morgan fingerprint density at radius 3 is 2.44 bits per heavy atom. The lowest BCUT2D eigenvalue weighted by atomic mass is 9.86. The number of fused-ring (bicyclic) bond motifs is 1. The van der Waals surface area contributed by atoms with E-state index >= 15 is 0 Å². The summed E-state index contributed by atoms with van der Waals surface area (Å²) in [4.78, 5) is 37.8. The average molecular weight is 366 g/mol. The molecule has 0 saturated carbocycles. The van der Waals surface area contributed by atoms with E-state index in [1.807, 2.05) is 36.4 Å². The molecule has 3 unspecified atom stereocenters. The number of imide groups is 1. The number of nitrogens with zero attached hydrogens (tertiary/aromatic N) is 1. The SMILES string of the molecule is CN1C(=O)NC(=O)C2C(c3cccc(Oc4ccccc4)c3)NC(=O)NC21. The Morgan fingerprint density at radius 2 is 1.67 bits per heavy atom. The van der Waals surface area contributed by atoms with Crippen molar-refractivity contribution in [2.24, 2.45) is 5.92 Å². The minimum atomic E-state index is -0.719. The van der Waals surface area contributed by atoms with Gasteiger partial charge in [0.2, 0.25) is 5.91 Å². The second-order valence-electron chi connectivity index (χ2n) is 6.46. The molecule has 2 aliphatic rings. The number of carbonyl (C=O) groups is 3. The molecule has 5 amide bonds. The normalized spacial score (nSPS) is 24.4. The van der Waals surface area contributed by atoms with Gasteiger partial charge in [-0.1, -0.05) is 30.3 Å². The zero-order valence-corrected chi connectivity index (χ0v) is 14.5. The molecule has 2 saturated heterocycles. The molecule has 2 aliphatic heterocycles. The van der Waals surface area contributed by atoms with E-state index < -0.39 is 36.1 Å². The van der Waals surface area contributed by atoms with Crippen molar-refractivity contribution in [1.82, 2.24) is 20.9 Å². The molecule has 2 heterocycles. The molecule has 0 aromatic heterocycles. The summed E-state index contributed by atoms with van der Waals surface area (Å²) >= 11 is 0. The van der Waals surface area contributed by atoms with Crippen LogP contribution in [-0.2, 0) is 4.79 Å². The second-order valence-corrected chi connectivity index (χ2v) is 6.46. The van der Waals surface area contributed by atoms with E-state index in [2.05, 4.69) is 16.0 Å². The Labute approximate surface area is 155 Å². The van der Waals surface area contributed by atoms with E-state index in [9.17, 15) is 14.4 Å². The van der Waals surface area contributed by atoms with Crippen LogP contribution in [0, 0.1) is 5.92 Å². The van der Waals surface area contributed by atoms with Crippen molar-refractivity contribution in [1.29, 1.82) is 0 Å². The number of rotatable bonds is 3. The monoisotopic (exact) mass is 366 g/mol. The van der Waals surface area contributed by atoms with Gasteiger partial charge in [-0.2, -0.15) is 0 Å². The Bertz CT molecular complexity index is 902. The largest absolute Gasteiger partial charge is 0.457 e. The number of hydrogen-bond donors (Lipinski definition) is 3. The lowest BCUT2D eigenvalue weighted by Crippen LogP contribution is -2.71. The standard InChI is InChI=1S/C19H18N4O4/c1-23-16-14(17(24)22-19(23)26)15(20-18(25)21-16)11-6-5-9-13(10-11)27-12-7-3-2-4-8-12/h2-10,14-16H,1H3,(H2,20,21,25)(H,22,24,26). The van der Waals surface area contributed by atoms with Crippen LogP contribution in [0.1, 0.15) is 11.6 Å². The minimum Gasteiger partial charge on any atom is -0.457 e. The Balaban J connectivity index is 1.65. The number of para-hydroxylation sites is 1. The molecule has 2 aromatic carbocycles. The minimum absolute atomic E-state index is 0.435. The van der Waals surface area contributed by atoms with E-state index in [-0.39, 0.29) is 0 Å². The summed E-state index contributed by atoms with van der Waals surface area (Å²) in [6.07, 6.45) is -0.719. The molecule has 3 atom stereocenters. The van der Waals surface area contributed by atoms with Gasteiger partial charge in [-0.15, -0.1) is 0 Å². The number of amides is 5. The zero-order chi connectivity index (χ0) is 19.0. The molecule has 2 fully saturated rings. The first-order valence-corrected chi connectivity index (χ1v) is 8.50. The van der Waals surface area contributed by atoms with Crippen molar-refractivity contribution in [2.45, 2.75) is 12.2 Å². The second kappa shape index (κ2) is 6.64. The summed E-state index contributed by atoms with van der Waals surface area (Å²) in [6.45, 7) is 0. The van der Waals surface area contributed by atoms with Crippen LogP contribution in [0.2, 0.25) is 0 Å². The summed E-state index contributed by atoms with van der Waals surface area (Å²) in [7, 11) is 1.54. The van der Waals surface area contributed by atoms with Gasteiger partial charge < -0.3 is 20.3 Å². The molecule has 0 radical (unpaired) electrons. The highest BCUT2D eigenvalue weighted by atomic mass is 16.5. The van der Waals surface area contributed by atoms with Gasteiger partial charge in [0.1, 0.15) is 23.6 Å². The van der Waals surface area contributed by atoms with Crippen LogP contribution in [0.25, 0.3) is 0 Å². The van der Waals surface area contributed by atoms with Gasteiger partial charge in [-0.05, 0) is 29.8 Å². The van der Waals surface area contributed by atoms with Crippen LogP contribution >= 0.6 is 0 Å². The third kappa shape index (κ3) is 3.17. The van der Waals surface area contributed by atoms with Gasteiger partial charge in [0.05, 0.1) is 6.04 Å². The van der Waals surface area contributed by atoms with Crippen LogP contribution in [0.4, 0.5) is 9.59 Å². The Morgan fingerprint density at radius 1 is 0.926 bits per heavy atom. The number of urea groups is 2. The van der Waals surface area contributed by atoms with Crippen molar-refractivity contribution in [3.8, 4) is 11.5 Å². The summed E-state index contributed by atoms with van der Waals surface area (Å²) in [6, 6.07) is 14.9. The maximum absolute atomic E-state index is 12.5. The highest BCUT2D eigenvalue weighted by molar-refractivity contribution is 6.00. The molecule has 4 rings (SSSR count). The van der Waals surface area contributed by atoms with Crippen molar-refractivity contribution < 1.29 is 19.1 Å². The van der Waals surface area contributed by atoms with Gasteiger partial charge in [-0.3, -0.25) is 10.1 Å². The molecule has 3 N–H and O–H groups in total. The van der Waals surface area contributed by atoms with Crippen LogP contribution in [0.3, 0.4) is 0 Å². The summed E-state index contributed by atoms with van der Waals surface area (Å²) in [5.74, 6) is 0.165. The fourth-order valence-corrected chi connectivity index (χ4v) is 3.40. The van der Waals surface area contributed by atoms with Gasteiger partial charge in [-0.25, -0.2) is 9.59 Å². The van der Waals surface area contributed by atoms with Crippen LogP contribution in [-0.4, -0.2) is 36.1 Å². The third-order valence-electron chi connectivity index (χ3n) is 4.73. The maximum atomic E-state index is 12.5. The number of nitrogens with one attached hydrogen (secondary N) is 3. The lowest BCUT2D eigenvalue weighted by molar-refractivity contribution is -0.130. The van der Waals surface area contributed by atoms with E-state index in [1.54, 1.807) is 18.2 Å². The topological polar surface area (TPSA) is 99.8 Å². The van der Waals surface area contributed by atoms with Crippen LogP contribution in [0.15, 0.2) is 54.6 Å². The molecule has 8 heteroatoms. The molecule has 0 spiro atoms. The first-order chi connectivity index (χ1) is 13.0. The van der Waals surface area contributed by atoms with Crippen LogP contribution in [0.5, 0.6) is 11.5 Å². The third-order valence-corrected chi connectivity index (χ3v) is 4.73. The summed E-state index contributed by atoms with van der Waals surface area (Å²) in [5, 5.41) is 7.75. The highest BCUT2D eigenvalue weighted by Gasteiger charge is 2.48. The zero-order valence-electron chi connectivity index (χ0n) is 14.5. The first kappa shape index (κ1) is 16.9. The van der Waals surface area contributed by atoms with E-state index in [0.29, 0.717) is 17.1 Å². The molecular weight excluding hydrogens is 348 g/mol. The highest BCUT2D eigenvalue weighted by Crippen LogP contribution is 2.33. The molecule has 138 valence electrons. The lowest BCUT2D eigenvalue weighted by Gasteiger charge is -2.45.